The molecule has 1 rings (SSSR count). The topological polar surface area (TPSA) is 84.3 Å². The molecule has 15 heavy (non-hydrogen) atoms. The Bertz CT molecular complexity index is 343. The number of hydrogen-bond acceptors (Lipinski definition) is 5. The van der Waals surface area contributed by atoms with Crippen molar-refractivity contribution in [3.63, 3.8) is 0 Å². The van der Waals surface area contributed by atoms with Gasteiger partial charge in [-0.25, -0.2) is 14.8 Å². The summed E-state index contributed by atoms with van der Waals surface area (Å²) in [6.45, 7) is 1.89. The van der Waals surface area contributed by atoms with Crippen LogP contribution >= 0.6 is 0 Å². The SMILES string of the molecule is COCC(Nc1cc(C)ncn1)C(=O)O. The van der Waals surface area contributed by atoms with Crippen LogP contribution in [0.2, 0.25) is 0 Å². The first-order chi connectivity index (χ1) is 7.13. The molecule has 6 heteroatoms. The fourth-order valence-electron chi connectivity index (χ4n) is 1.05. The van der Waals surface area contributed by atoms with E-state index in [0.717, 1.165) is 5.69 Å². The minimum Gasteiger partial charge on any atom is -0.480 e. The van der Waals surface area contributed by atoms with Crippen LogP contribution in [0.5, 0.6) is 0 Å². The summed E-state index contributed by atoms with van der Waals surface area (Å²) < 4.78 is 4.78. The third-order valence-electron chi connectivity index (χ3n) is 1.76. The van der Waals surface area contributed by atoms with Crippen LogP contribution in [0.15, 0.2) is 12.4 Å². The highest BCUT2D eigenvalue weighted by Crippen LogP contribution is 2.05. The Morgan fingerprint density at radius 3 is 2.93 bits per heavy atom. The zero-order valence-electron chi connectivity index (χ0n) is 8.60. The van der Waals surface area contributed by atoms with E-state index in [9.17, 15) is 4.79 Å². The van der Waals surface area contributed by atoms with Crippen LogP contribution in [0.1, 0.15) is 5.69 Å². The molecule has 0 radical (unpaired) electrons. The Morgan fingerprint density at radius 1 is 1.67 bits per heavy atom. The Balaban J connectivity index is 2.69. The van der Waals surface area contributed by atoms with E-state index in [4.69, 9.17) is 9.84 Å². The molecule has 0 saturated carbocycles. The fraction of sp³-hybridized carbons (Fsp3) is 0.444. The zero-order chi connectivity index (χ0) is 11.3. The van der Waals surface area contributed by atoms with Gasteiger partial charge in [0.1, 0.15) is 18.2 Å². The molecule has 1 aromatic rings. The van der Waals surface area contributed by atoms with Crippen molar-refractivity contribution in [1.82, 2.24) is 9.97 Å². The van der Waals surface area contributed by atoms with Crippen molar-refractivity contribution in [3.8, 4) is 0 Å². The number of aromatic nitrogens is 2. The summed E-state index contributed by atoms with van der Waals surface area (Å²) in [6, 6.07) is 0.871. The first-order valence-electron chi connectivity index (χ1n) is 4.40. The second-order valence-electron chi connectivity index (χ2n) is 3.04. The van der Waals surface area contributed by atoms with E-state index in [-0.39, 0.29) is 6.61 Å². The standard InChI is InChI=1S/C9H13N3O3/c1-6-3-8(11-5-10-6)12-7(4-15-2)9(13)14/h3,5,7H,4H2,1-2H3,(H,13,14)(H,10,11,12). The number of aliphatic carboxylic acids is 1. The Labute approximate surface area is 87.3 Å². The quantitative estimate of drug-likeness (QED) is 0.728. The largest absolute Gasteiger partial charge is 0.480 e. The lowest BCUT2D eigenvalue weighted by Crippen LogP contribution is -2.33. The minimum absolute atomic E-state index is 0.0817. The lowest BCUT2D eigenvalue weighted by Gasteiger charge is -2.13. The number of carboxylic acid groups (broad SMARTS) is 1. The molecule has 0 aliphatic heterocycles. The first kappa shape index (κ1) is 11.4. The van der Waals surface area contributed by atoms with Gasteiger partial charge in [-0.3, -0.25) is 0 Å². The number of methoxy groups -OCH3 is 1. The van der Waals surface area contributed by atoms with Gasteiger partial charge in [-0.15, -0.1) is 0 Å². The predicted molar refractivity (Wildman–Crippen MR) is 53.7 cm³/mol. The highest BCUT2D eigenvalue weighted by Gasteiger charge is 2.17. The molecular formula is C9H13N3O3. The molecule has 1 heterocycles. The van der Waals surface area contributed by atoms with Gasteiger partial charge in [-0.1, -0.05) is 0 Å². The molecule has 1 atom stereocenters. The van der Waals surface area contributed by atoms with E-state index < -0.39 is 12.0 Å². The lowest BCUT2D eigenvalue weighted by atomic mass is 10.3. The molecule has 2 N–H and O–H groups in total. The number of aryl methyl sites for hydroxylation is 1. The van der Waals surface area contributed by atoms with Crippen molar-refractivity contribution in [2.75, 3.05) is 19.0 Å². The van der Waals surface area contributed by atoms with Crippen LogP contribution in [-0.2, 0) is 9.53 Å². The maximum Gasteiger partial charge on any atom is 0.328 e. The summed E-state index contributed by atoms with van der Waals surface area (Å²) in [7, 11) is 1.45. The lowest BCUT2D eigenvalue weighted by molar-refractivity contribution is -0.139. The maximum absolute atomic E-state index is 10.8. The van der Waals surface area contributed by atoms with Gasteiger partial charge in [-0.05, 0) is 6.92 Å². The summed E-state index contributed by atoms with van der Waals surface area (Å²) in [6.07, 6.45) is 1.38. The van der Waals surface area contributed by atoms with Crippen molar-refractivity contribution >= 4 is 11.8 Å². The molecule has 1 unspecified atom stereocenters. The molecule has 1 aromatic heterocycles. The van der Waals surface area contributed by atoms with Crippen LogP contribution in [0.4, 0.5) is 5.82 Å². The predicted octanol–water partition coefficient (Wildman–Crippen LogP) is 0.297. The van der Waals surface area contributed by atoms with Gasteiger partial charge in [0.25, 0.3) is 0 Å². The monoisotopic (exact) mass is 211 g/mol. The summed E-state index contributed by atoms with van der Waals surface area (Å²) in [5, 5.41) is 11.6. The van der Waals surface area contributed by atoms with Crippen LogP contribution < -0.4 is 5.32 Å². The van der Waals surface area contributed by atoms with E-state index >= 15 is 0 Å². The van der Waals surface area contributed by atoms with Crippen molar-refractivity contribution in [1.29, 1.82) is 0 Å². The maximum atomic E-state index is 10.8. The number of carboxylic acids is 1. The third kappa shape index (κ3) is 3.51. The van der Waals surface area contributed by atoms with Gasteiger partial charge in [-0.2, -0.15) is 0 Å². The summed E-state index contributed by atoms with van der Waals surface area (Å²) in [4.78, 5) is 18.6. The smallest absolute Gasteiger partial charge is 0.328 e. The van der Waals surface area contributed by atoms with Crippen LogP contribution in [0.25, 0.3) is 0 Å². The molecule has 0 aromatic carbocycles. The van der Waals surface area contributed by atoms with Crippen molar-refractivity contribution in [2.45, 2.75) is 13.0 Å². The van der Waals surface area contributed by atoms with Crippen LogP contribution in [-0.4, -0.2) is 40.8 Å². The molecule has 0 amide bonds. The van der Waals surface area contributed by atoms with E-state index in [1.54, 1.807) is 13.0 Å². The number of nitrogens with zero attached hydrogens (tertiary/aromatic N) is 2. The number of hydrogen-bond donors (Lipinski definition) is 2. The van der Waals surface area contributed by atoms with Gasteiger partial charge in [0.2, 0.25) is 0 Å². The van der Waals surface area contributed by atoms with Crippen LogP contribution in [0.3, 0.4) is 0 Å². The van der Waals surface area contributed by atoms with Gasteiger partial charge in [0, 0.05) is 18.9 Å². The number of rotatable bonds is 5. The van der Waals surface area contributed by atoms with E-state index in [0.29, 0.717) is 5.82 Å². The van der Waals surface area contributed by atoms with Crippen molar-refractivity contribution < 1.29 is 14.6 Å². The van der Waals surface area contributed by atoms with Gasteiger partial charge in [0.05, 0.1) is 6.61 Å². The van der Waals surface area contributed by atoms with Crippen LogP contribution in [0, 0.1) is 6.92 Å². The van der Waals surface area contributed by atoms with Gasteiger partial charge in [0.15, 0.2) is 0 Å². The number of carbonyl (C=O) groups is 1. The highest BCUT2D eigenvalue weighted by molar-refractivity contribution is 5.77. The molecule has 82 valence electrons. The number of ether oxygens (including phenoxy) is 1. The normalized spacial score (nSPS) is 12.1. The summed E-state index contributed by atoms with van der Waals surface area (Å²) in [5.74, 6) is -0.500. The molecule has 0 fully saturated rings. The second kappa shape index (κ2) is 5.26. The number of nitrogens with one attached hydrogen (secondary N) is 1. The molecular weight excluding hydrogens is 198 g/mol. The Hall–Kier alpha value is -1.69. The highest BCUT2D eigenvalue weighted by atomic mass is 16.5. The fourth-order valence-corrected chi connectivity index (χ4v) is 1.05. The van der Waals surface area contributed by atoms with E-state index in [1.165, 1.54) is 13.4 Å². The molecule has 0 aliphatic carbocycles. The second-order valence-corrected chi connectivity index (χ2v) is 3.04. The third-order valence-corrected chi connectivity index (χ3v) is 1.76. The van der Waals surface area contributed by atoms with Gasteiger partial charge >= 0.3 is 5.97 Å². The summed E-state index contributed by atoms with van der Waals surface area (Å²) >= 11 is 0. The minimum atomic E-state index is -0.979. The van der Waals surface area contributed by atoms with Gasteiger partial charge < -0.3 is 15.2 Å². The molecule has 6 nitrogen and oxygen atoms in total. The molecule has 0 saturated heterocycles. The van der Waals surface area contributed by atoms with E-state index in [2.05, 4.69) is 15.3 Å². The Kier molecular flexibility index (Phi) is 3.99. The van der Waals surface area contributed by atoms with E-state index in [1.807, 2.05) is 0 Å². The number of anilines is 1. The average Bonchev–Trinajstić information content (AvgIpc) is 2.17. The molecule has 0 bridgehead atoms. The molecule has 0 aliphatic rings. The first-order valence-corrected chi connectivity index (χ1v) is 4.40. The van der Waals surface area contributed by atoms with Crippen molar-refractivity contribution in [2.24, 2.45) is 0 Å². The average molecular weight is 211 g/mol. The molecule has 0 spiro atoms. The van der Waals surface area contributed by atoms with Crippen molar-refractivity contribution in [3.05, 3.63) is 18.1 Å². The zero-order valence-corrected chi connectivity index (χ0v) is 8.60. The Morgan fingerprint density at radius 2 is 2.40 bits per heavy atom. The summed E-state index contributed by atoms with van der Waals surface area (Å²) in [5.41, 5.74) is 0.772.